The van der Waals surface area contributed by atoms with Crippen LogP contribution in [0.4, 0.5) is 0 Å². The van der Waals surface area contributed by atoms with Gasteiger partial charge in [-0.05, 0) is 34.1 Å². The topological polar surface area (TPSA) is 86.6 Å². The molecule has 0 saturated heterocycles. The molecule has 7 heteroatoms. The third-order valence-electron chi connectivity index (χ3n) is 2.19. The van der Waals surface area contributed by atoms with Gasteiger partial charge in [-0.3, -0.25) is 4.79 Å². The lowest BCUT2D eigenvalue weighted by Crippen LogP contribution is -2.41. The zero-order valence-corrected chi connectivity index (χ0v) is 12.4. The monoisotopic (exact) mass is 379 g/mol. The summed E-state index contributed by atoms with van der Waals surface area (Å²) in [5, 5.41) is 20.0. The predicted molar refractivity (Wildman–Crippen MR) is 72.4 cm³/mol. The van der Waals surface area contributed by atoms with Gasteiger partial charge < -0.3 is 15.5 Å². The number of nitrogens with one attached hydrogen (secondary N) is 1. The molecule has 5 nitrogen and oxygen atoms in total. The molecule has 0 bridgehead atoms. The minimum Gasteiger partial charge on any atom is -0.480 e. The van der Waals surface area contributed by atoms with Gasteiger partial charge in [-0.25, -0.2) is 4.79 Å². The van der Waals surface area contributed by atoms with E-state index in [4.69, 9.17) is 10.2 Å². The summed E-state index contributed by atoms with van der Waals surface area (Å²) in [6.07, 6.45) is -0.0350. The van der Waals surface area contributed by atoms with E-state index in [1.807, 2.05) is 0 Å². The number of carbonyl (C=O) groups is 2. The first kappa shape index (κ1) is 15.1. The Kier molecular flexibility index (Phi) is 5.77. The fourth-order valence-electron chi connectivity index (χ4n) is 1.29. The summed E-state index contributed by atoms with van der Waals surface area (Å²) >= 11 is 6.45. The van der Waals surface area contributed by atoms with Gasteiger partial charge in [0.2, 0.25) is 0 Å². The molecular weight excluding hydrogens is 370 g/mol. The van der Waals surface area contributed by atoms with Crippen molar-refractivity contribution in [1.29, 1.82) is 0 Å². The minimum absolute atomic E-state index is 0.0350. The SMILES string of the molecule is O=C(NC(CCO)C(=O)O)c1cc(Br)ccc1Br. The summed E-state index contributed by atoms with van der Waals surface area (Å²) in [4.78, 5) is 22.8. The highest BCUT2D eigenvalue weighted by Gasteiger charge is 2.21. The van der Waals surface area contributed by atoms with Crippen LogP contribution in [0.5, 0.6) is 0 Å². The molecule has 0 heterocycles. The Labute approximate surface area is 120 Å². The lowest BCUT2D eigenvalue weighted by atomic mass is 10.1. The first-order chi connectivity index (χ1) is 8.45. The third-order valence-corrected chi connectivity index (χ3v) is 3.38. The van der Waals surface area contributed by atoms with Crippen molar-refractivity contribution in [3.05, 3.63) is 32.7 Å². The molecule has 0 radical (unpaired) electrons. The second-order valence-corrected chi connectivity index (χ2v) is 5.27. The van der Waals surface area contributed by atoms with E-state index >= 15 is 0 Å². The Morgan fingerprint density at radius 1 is 1.33 bits per heavy atom. The fraction of sp³-hybridized carbons (Fsp3) is 0.273. The van der Waals surface area contributed by atoms with Crippen molar-refractivity contribution in [2.75, 3.05) is 6.61 Å². The number of halogens is 2. The second-order valence-electron chi connectivity index (χ2n) is 3.50. The van der Waals surface area contributed by atoms with Crippen LogP contribution in [0.25, 0.3) is 0 Å². The second kappa shape index (κ2) is 6.86. The summed E-state index contributed by atoms with van der Waals surface area (Å²) in [6.45, 7) is -0.309. The zero-order valence-electron chi connectivity index (χ0n) is 9.19. The van der Waals surface area contributed by atoms with Crippen molar-refractivity contribution in [2.45, 2.75) is 12.5 Å². The predicted octanol–water partition coefficient (Wildman–Crippen LogP) is 1.78. The van der Waals surface area contributed by atoms with E-state index in [9.17, 15) is 9.59 Å². The standard InChI is InChI=1S/C11H11Br2NO4/c12-6-1-2-8(13)7(5-6)10(16)14-9(3-4-15)11(17)18/h1-2,5,9,15H,3-4H2,(H,14,16)(H,17,18). The molecule has 1 atom stereocenters. The Balaban J connectivity index is 2.86. The number of aliphatic hydroxyl groups excluding tert-OH is 1. The number of aliphatic hydroxyl groups is 1. The Hall–Kier alpha value is -0.920. The molecule has 0 aromatic heterocycles. The molecule has 0 aliphatic heterocycles. The van der Waals surface area contributed by atoms with Crippen LogP contribution in [0, 0.1) is 0 Å². The number of carboxylic acids is 1. The maximum Gasteiger partial charge on any atom is 0.326 e. The zero-order chi connectivity index (χ0) is 13.7. The third kappa shape index (κ3) is 4.08. The molecule has 1 rings (SSSR count). The summed E-state index contributed by atoms with van der Waals surface area (Å²) in [7, 11) is 0. The highest BCUT2D eigenvalue weighted by molar-refractivity contribution is 9.11. The van der Waals surface area contributed by atoms with Crippen LogP contribution in [0.3, 0.4) is 0 Å². The molecule has 0 aliphatic rings. The van der Waals surface area contributed by atoms with E-state index < -0.39 is 17.9 Å². The average Bonchev–Trinajstić information content (AvgIpc) is 2.31. The highest BCUT2D eigenvalue weighted by Crippen LogP contribution is 2.21. The van der Waals surface area contributed by atoms with E-state index in [0.717, 1.165) is 0 Å². The molecule has 0 saturated carbocycles. The van der Waals surface area contributed by atoms with Crippen molar-refractivity contribution >= 4 is 43.7 Å². The van der Waals surface area contributed by atoms with Gasteiger partial charge in [0.15, 0.2) is 0 Å². The maximum atomic E-state index is 11.9. The van der Waals surface area contributed by atoms with Crippen LogP contribution in [0.2, 0.25) is 0 Å². The fourth-order valence-corrected chi connectivity index (χ4v) is 2.08. The highest BCUT2D eigenvalue weighted by atomic mass is 79.9. The summed E-state index contributed by atoms with van der Waals surface area (Å²) in [6, 6.07) is 3.91. The maximum absolute atomic E-state index is 11.9. The Bertz CT molecular complexity index is 464. The van der Waals surface area contributed by atoms with Crippen LogP contribution in [-0.2, 0) is 4.79 Å². The van der Waals surface area contributed by atoms with Gasteiger partial charge in [0, 0.05) is 22.0 Å². The lowest BCUT2D eigenvalue weighted by Gasteiger charge is -2.14. The van der Waals surface area contributed by atoms with Crippen LogP contribution < -0.4 is 5.32 Å². The van der Waals surface area contributed by atoms with Gasteiger partial charge in [-0.15, -0.1) is 0 Å². The molecule has 0 aliphatic carbocycles. The average molecular weight is 381 g/mol. The quantitative estimate of drug-likeness (QED) is 0.726. The molecule has 18 heavy (non-hydrogen) atoms. The van der Waals surface area contributed by atoms with Crippen LogP contribution in [0.1, 0.15) is 16.8 Å². The Morgan fingerprint density at radius 3 is 2.56 bits per heavy atom. The normalized spacial score (nSPS) is 11.9. The van der Waals surface area contributed by atoms with E-state index in [1.54, 1.807) is 18.2 Å². The van der Waals surface area contributed by atoms with Crippen LogP contribution in [-0.4, -0.2) is 34.7 Å². The lowest BCUT2D eigenvalue weighted by molar-refractivity contribution is -0.139. The number of hydrogen-bond donors (Lipinski definition) is 3. The first-order valence-corrected chi connectivity index (χ1v) is 6.64. The number of amides is 1. The van der Waals surface area contributed by atoms with E-state index in [2.05, 4.69) is 37.2 Å². The van der Waals surface area contributed by atoms with Gasteiger partial charge in [0.1, 0.15) is 6.04 Å². The largest absolute Gasteiger partial charge is 0.480 e. The van der Waals surface area contributed by atoms with E-state index in [0.29, 0.717) is 14.5 Å². The number of rotatable bonds is 5. The van der Waals surface area contributed by atoms with Gasteiger partial charge in [-0.2, -0.15) is 0 Å². The summed E-state index contributed by atoms with van der Waals surface area (Å²) < 4.78 is 1.28. The molecule has 1 aromatic rings. The van der Waals surface area contributed by atoms with E-state index in [1.165, 1.54) is 0 Å². The molecular formula is C11H11Br2NO4. The number of carboxylic acid groups (broad SMARTS) is 1. The number of aliphatic carboxylic acids is 1. The van der Waals surface area contributed by atoms with Crippen LogP contribution >= 0.6 is 31.9 Å². The minimum atomic E-state index is -1.18. The van der Waals surface area contributed by atoms with Gasteiger partial charge in [0.05, 0.1) is 5.56 Å². The van der Waals surface area contributed by atoms with Gasteiger partial charge in [-0.1, -0.05) is 15.9 Å². The molecule has 1 unspecified atom stereocenters. The van der Waals surface area contributed by atoms with E-state index in [-0.39, 0.29) is 13.0 Å². The molecule has 0 fully saturated rings. The van der Waals surface area contributed by atoms with Gasteiger partial charge >= 0.3 is 5.97 Å². The molecule has 98 valence electrons. The summed E-state index contributed by atoms with van der Waals surface area (Å²) in [5.74, 6) is -1.69. The molecule has 3 N–H and O–H groups in total. The molecule has 0 spiro atoms. The van der Waals surface area contributed by atoms with Crippen molar-refractivity contribution < 1.29 is 19.8 Å². The Morgan fingerprint density at radius 2 is 2.00 bits per heavy atom. The summed E-state index contributed by atoms with van der Waals surface area (Å²) in [5.41, 5.74) is 0.327. The van der Waals surface area contributed by atoms with Crippen molar-refractivity contribution in [3.63, 3.8) is 0 Å². The van der Waals surface area contributed by atoms with Crippen molar-refractivity contribution in [1.82, 2.24) is 5.32 Å². The molecule has 1 amide bonds. The smallest absolute Gasteiger partial charge is 0.326 e. The van der Waals surface area contributed by atoms with Crippen molar-refractivity contribution in [3.8, 4) is 0 Å². The number of hydrogen-bond acceptors (Lipinski definition) is 3. The van der Waals surface area contributed by atoms with Crippen LogP contribution in [0.15, 0.2) is 27.1 Å². The number of benzene rings is 1. The first-order valence-electron chi connectivity index (χ1n) is 5.05. The molecule has 1 aromatic carbocycles. The van der Waals surface area contributed by atoms with Gasteiger partial charge in [0.25, 0.3) is 5.91 Å². The van der Waals surface area contributed by atoms with Crippen molar-refractivity contribution in [2.24, 2.45) is 0 Å². The number of carbonyl (C=O) groups excluding carboxylic acids is 1.